The van der Waals surface area contributed by atoms with E-state index in [1.54, 1.807) is 21.3 Å². The molecule has 0 saturated carbocycles. The predicted molar refractivity (Wildman–Crippen MR) is 118 cm³/mol. The average molecular weight is 407 g/mol. The quantitative estimate of drug-likeness (QED) is 0.502. The number of rotatable bonds is 9. The van der Waals surface area contributed by atoms with Gasteiger partial charge in [-0.05, 0) is 62.0 Å². The number of piperidine rings is 1. The van der Waals surface area contributed by atoms with Crippen molar-refractivity contribution in [1.29, 1.82) is 0 Å². The molecule has 7 nitrogen and oxygen atoms in total. The Kier molecular flexibility index (Phi) is 9.54. The van der Waals surface area contributed by atoms with E-state index in [0.29, 0.717) is 5.92 Å². The molecule has 0 amide bonds. The van der Waals surface area contributed by atoms with Gasteiger partial charge >= 0.3 is 0 Å². The Balaban J connectivity index is 1.88. The Labute approximate surface area is 176 Å². The topological polar surface area (TPSA) is 58.6 Å². The first kappa shape index (κ1) is 23.3. The van der Waals surface area contributed by atoms with Gasteiger partial charge in [-0.2, -0.15) is 0 Å². The summed E-state index contributed by atoms with van der Waals surface area (Å²) in [7, 11) is 9.01. The number of aryl methyl sites for hydroxylation is 1. The molecule has 1 fully saturated rings. The molecule has 1 aromatic rings. The fraction of sp³-hybridized carbons (Fsp3) is 0.682. The molecule has 2 rings (SSSR count). The molecule has 0 bridgehead atoms. The molecule has 1 aliphatic rings. The Hall–Kier alpha value is -1.99. The fourth-order valence-electron chi connectivity index (χ4n) is 3.78. The van der Waals surface area contributed by atoms with Gasteiger partial charge in [0, 0.05) is 40.8 Å². The zero-order chi connectivity index (χ0) is 21.2. The van der Waals surface area contributed by atoms with Crippen LogP contribution < -0.4 is 14.8 Å². The van der Waals surface area contributed by atoms with Crippen LogP contribution in [-0.4, -0.2) is 84.0 Å². The number of aliphatic imine (C=N–C) groups is 1. The van der Waals surface area contributed by atoms with Gasteiger partial charge in [0.25, 0.3) is 0 Å². The number of guanidine groups is 1. The van der Waals surface area contributed by atoms with Crippen LogP contribution in [0.25, 0.3) is 0 Å². The van der Waals surface area contributed by atoms with Crippen molar-refractivity contribution in [3.63, 3.8) is 0 Å². The average Bonchev–Trinajstić information content (AvgIpc) is 2.74. The lowest BCUT2D eigenvalue weighted by atomic mass is 9.97. The van der Waals surface area contributed by atoms with Crippen molar-refractivity contribution in [3.8, 4) is 11.5 Å². The molecule has 7 heteroatoms. The van der Waals surface area contributed by atoms with Crippen molar-refractivity contribution in [3.05, 3.63) is 23.3 Å². The van der Waals surface area contributed by atoms with E-state index in [4.69, 9.17) is 14.2 Å². The minimum absolute atomic E-state index is 0.682. The molecule has 1 aromatic carbocycles. The summed E-state index contributed by atoms with van der Waals surface area (Å²) in [6.07, 6.45) is 2.43. The van der Waals surface area contributed by atoms with Crippen molar-refractivity contribution in [2.45, 2.75) is 26.3 Å². The smallest absolute Gasteiger partial charge is 0.193 e. The summed E-state index contributed by atoms with van der Waals surface area (Å²) < 4.78 is 16.0. The van der Waals surface area contributed by atoms with Crippen molar-refractivity contribution >= 4 is 5.96 Å². The summed E-state index contributed by atoms with van der Waals surface area (Å²) in [5.74, 6) is 3.11. The van der Waals surface area contributed by atoms with Crippen molar-refractivity contribution < 1.29 is 14.2 Å². The highest BCUT2D eigenvalue weighted by molar-refractivity contribution is 5.79. The van der Waals surface area contributed by atoms with Gasteiger partial charge in [-0.1, -0.05) is 0 Å². The van der Waals surface area contributed by atoms with E-state index in [9.17, 15) is 0 Å². The highest BCUT2D eigenvalue weighted by Crippen LogP contribution is 2.30. The summed E-state index contributed by atoms with van der Waals surface area (Å²) in [6.45, 7) is 7.95. The number of likely N-dealkylation sites (tertiary alicyclic amines) is 1. The molecule has 1 heterocycles. The summed E-state index contributed by atoms with van der Waals surface area (Å²) >= 11 is 0. The van der Waals surface area contributed by atoms with E-state index in [0.717, 1.165) is 56.8 Å². The fourth-order valence-corrected chi connectivity index (χ4v) is 3.78. The first-order valence-corrected chi connectivity index (χ1v) is 10.4. The second-order valence-corrected chi connectivity index (χ2v) is 7.70. The lowest BCUT2D eigenvalue weighted by Gasteiger charge is -2.32. The van der Waals surface area contributed by atoms with Gasteiger partial charge in [-0.15, -0.1) is 0 Å². The Morgan fingerprint density at radius 1 is 1.17 bits per heavy atom. The van der Waals surface area contributed by atoms with Crippen LogP contribution in [0.1, 0.15) is 24.0 Å². The molecule has 0 aromatic heterocycles. The molecule has 29 heavy (non-hydrogen) atoms. The SMILES string of the molecule is CN=C(NCC1CCN(CCOC)CC1)N(C)Cc1cc(OC)c(OC)cc1C. The molecule has 0 aliphatic carbocycles. The first-order valence-electron chi connectivity index (χ1n) is 10.4. The number of methoxy groups -OCH3 is 3. The van der Waals surface area contributed by atoms with Gasteiger partial charge in [0.1, 0.15) is 0 Å². The van der Waals surface area contributed by atoms with Gasteiger partial charge in [0.15, 0.2) is 17.5 Å². The van der Waals surface area contributed by atoms with E-state index in [1.165, 1.54) is 24.0 Å². The summed E-state index contributed by atoms with van der Waals surface area (Å²) in [5.41, 5.74) is 2.37. The van der Waals surface area contributed by atoms with E-state index < -0.39 is 0 Å². The van der Waals surface area contributed by atoms with Crippen molar-refractivity contribution in [2.75, 3.05) is 68.2 Å². The van der Waals surface area contributed by atoms with Crippen LogP contribution in [0.4, 0.5) is 0 Å². The number of benzene rings is 1. The lowest BCUT2D eigenvalue weighted by Crippen LogP contribution is -2.43. The molecule has 1 N–H and O–H groups in total. The predicted octanol–water partition coefficient (Wildman–Crippen LogP) is 2.38. The summed E-state index contributed by atoms with van der Waals surface area (Å²) in [6, 6.07) is 4.07. The number of hydrogen-bond acceptors (Lipinski definition) is 5. The third-order valence-electron chi connectivity index (χ3n) is 5.69. The minimum Gasteiger partial charge on any atom is -0.493 e. The molecule has 0 spiro atoms. The zero-order valence-electron chi connectivity index (χ0n) is 19.0. The maximum Gasteiger partial charge on any atom is 0.193 e. The minimum atomic E-state index is 0.682. The van der Waals surface area contributed by atoms with Crippen molar-refractivity contribution in [2.24, 2.45) is 10.9 Å². The number of nitrogens with zero attached hydrogens (tertiary/aromatic N) is 3. The molecular formula is C22H38N4O3. The van der Waals surface area contributed by atoms with Crippen LogP contribution in [0.2, 0.25) is 0 Å². The highest BCUT2D eigenvalue weighted by Gasteiger charge is 2.20. The molecular weight excluding hydrogens is 368 g/mol. The number of hydrogen-bond donors (Lipinski definition) is 1. The van der Waals surface area contributed by atoms with E-state index >= 15 is 0 Å². The van der Waals surface area contributed by atoms with E-state index in [1.807, 2.05) is 19.2 Å². The molecule has 1 aliphatic heterocycles. The van der Waals surface area contributed by atoms with Gasteiger partial charge in [-0.25, -0.2) is 0 Å². The summed E-state index contributed by atoms with van der Waals surface area (Å²) in [5, 5.41) is 3.56. The van der Waals surface area contributed by atoms with Gasteiger partial charge in [-0.3, -0.25) is 4.99 Å². The molecule has 0 unspecified atom stereocenters. The van der Waals surface area contributed by atoms with Gasteiger partial charge in [0.2, 0.25) is 0 Å². The van der Waals surface area contributed by atoms with Crippen LogP contribution in [0.15, 0.2) is 17.1 Å². The summed E-state index contributed by atoms with van der Waals surface area (Å²) in [4.78, 5) is 9.12. The highest BCUT2D eigenvalue weighted by atomic mass is 16.5. The van der Waals surface area contributed by atoms with Gasteiger partial charge in [0.05, 0.1) is 20.8 Å². The van der Waals surface area contributed by atoms with Crippen LogP contribution in [0.5, 0.6) is 11.5 Å². The lowest BCUT2D eigenvalue weighted by molar-refractivity contribution is 0.120. The molecule has 0 radical (unpaired) electrons. The van der Waals surface area contributed by atoms with Crippen molar-refractivity contribution in [1.82, 2.24) is 15.1 Å². The van der Waals surface area contributed by atoms with Crippen LogP contribution in [0.3, 0.4) is 0 Å². The third-order valence-corrected chi connectivity index (χ3v) is 5.69. The Bertz CT molecular complexity index is 658. The Morgan fingerprint density at radius 2 is 1.83 bits per heavy atom. The molecule has 1 saturated heterocycles. The second-order valence-electron chi connectivity index (χ2n) is 7.70. The standard InChI is InChI=1S/C22H38N4O3/c1-17-13-20(28-5)21(29-6)14-19(17)16-25(3)22(23-2)24-15-18-7-9-26(10-8-18)11-12-27-4/h13-14,18H,7-12,15-16H2,1-6H3,(H,23,24). The van der Waals surface area contributed by atoms with Crippen LogP contribution in [-0.2, 0) is 11.3 Å². The Morgan fingerprint density at radius 3 is 2.41 bits per heavy atom. The van der Waals surface area contributed by atoms with Crippen LogP contribution >= 0.6 is 0 Å². The second kappa shape index (κ2) is 11.9. The monoisotopic (exact) mass is 406 g/mol. The normalized spacial score (nSPS) is 16.0. The van der Waals surface area contributed by atoms with E-state index in [2.05, 4.69) is 34.1 Å². The maximum absolute atomic E-state index is 5.46. The zero-order valence-corrected chi connectivity index (χ0v) is 19.0. The maximum atomic E-state index is 5.46. The number of nitrogens with one attached hydrogen (secondary N) is 1. The largest absolute Gasteiger partial charge is 0.493 e. The third kappa shape index (κ3) is 6.78. The molecule has 0 atom stereocenters. The first-order chi connectivity index (χ1) is 14.0. The molecule has 164 valence electrons. The van der Waals surface area contributed by atoms with E-state index in [-0.39, 0.29) is 0 Å². The van der Waals surface area contributed by atoms with Gasteiger partial charge < -0.3 is 29.3 Å². The number of ether oxygens (including phenoxy) is 3. The van der Waals surface area contributed by atoms with Crippen LogP contribution in [0, 0.1) is 12.8 Å².